The SMILES string of the molecule is CC(c1ccccc1)P(=O)(O)OC(C(=O)O)c1ccccc1. The average molecular weight is 320 g/mol. The molecule has 3 atom stereocenters. The van der Waals surface area contributed by atoms with Gasteiger partial charge in [0, 0.05) is 0 Å². The molecule has 5 nitrogen and oxygen atoms in total. The van der Waals surface area contributed by atoms with Crippen LogP contribution in [0.25, 0.3) is 0 Å². The summed E-state index contributed by atoms with van der Waals surface area (Å²) in [6.45, 7) is 1.54. The Morgan fingerprint density at radius 1 is 1.00 bits per heavy atom. The van der Waals surface area contributed by atoms with E-state index in [0.29, 0.717) is 11.1 Å². The lowest BCUT2D eigenvalue weighted by Gasteiger charge is -2.23. The second kappa shape index (κ2) is 6.88. The third kappa shape index (κ3) is 3.83. The molecular weight excluding hydrogens is 303 g/mol. The Labute approximate surface area is 128 Å². The van der Waals surface area contributed by atoms with E-state index in [0.717, 1.165) is 0 Å². The summed E-state index contributed by atoms with van der Waals surface area (Å²) in [5.74, 6) is -1.30. The third-order valence-electron chi connectivity index (χ3n) is 3.35. The van der Waals surface area contributed by atoms with Gasteiger partial charge >= 0.3 is 13.6 Å². The van der Waals surface area contributed by atoms with Crippen molar-refractivity contribution in [1.29, 1.82) is 0 Å². The molecule has 116 valence electrons. The average Bonchev–Trinajstić information content (AvgIpc) is 2.53. The van der Waals surface area contributed by atoms with E-state index in [4.69, 9.17) is 4.52 Å². The molecule has 0 aliphatic carbocycles. The summed E-state index contributed by atoms with van der Waals surface area (Å²) < 4.78 is 17.6. The second-order valence-electron chi connectivity index (χ2n) is 4.89. The molecule has 0 saturated heterocycles. The first-order valence-electron chi connectivity index (χ1n) is 6.75. The lowest BCUT2D eigenvalue weighted by molar-refractivity contribution is -0.145. The van der Waals surface area contributed by atoms with E-state index in [1.54, 1.807) is 67.6 Å². The Morgan fingerprint density at radius 3 is 1.91 bits per heavy atom. The number of carboxylic acid groups (broad SMARTS) is 1. The Bertz CT molecular complexity index is 671. The van der Waals surface area contributed by atoms with Crippen LogP contribution in [0.2, 0.25) is 0 Å². The quantitative estimate of drug-likeness (QED) is 0.791. The van der Waals surface area contributed by atoms with Crippen molar-refractivity contribution in [3.63, 3.8) is 0 Å². The fraction of sp³-hybridized carbons (Fsp3) is 0.188. The molecule has 2 rings (SSSR count). The van der Waals surface area contributed by atoms with Gasteiger partial charge in [-0.05, 0) is 18.1 Å². The zero-order valence-electron chi connectivity index (χ0n) is 12.0. The van der Waals surface area contributed by atoms with E-state index >= 15 is 0 Å². The van der Waals surface area contributed by atoms with Gasteiger partial charge in [-0.2, -0.15) is 0 Å². The summed E-state index contributed by atoms with van der Waals surface area (Å²) in [4.78, 5) is 21.6. The highest BCUT2D eigenvalue weighted by Crippen LogP contribution is 2.58. The van der Waals surface area contributed by atoms with E-state index in [-0.39, 0.29) is 0 Å². The van der Waals surface area contributed by atoms with Crippen LogP contribution >= 0.6 is 7.60 Å². The highest BCUT2D eigenvalue weighted by molar-refractivity contribution is 7.53. The van der Waals surface area contributed by atoms with Crippen LogP contribution in [-0.2, 0) is 13.9 Å². The lowest BCUT2D eigenvalue weighted by Crippen LogP contribution is -2.15. The molecule has 2 aromatic rings. The largest absolute Gasteiger partial charge is 0.479 e. The molecule has 0 bridgehead atoms. The van der Waals surface area contributed by atoms with Crippen molar-refractivity contribution in [3.05, 3.63) is 71.8 Å². The van der Waals surface area contributed by atoms with E-state index in [1.165, 1.54) is 0 Å². The number of carboxylic acids is 1. The van der Waals surface area contributed by atoms with Gasteiger partial charge < -0.3 is 10.00 Å². The van der Waals surface area contributed by atoms with Gasteiger partial charge in [0.15, 0.2) is 6.10 Å². The summed E-state index contributed by atoms with van der Waals surface area (Å²) in [5, 5.41) is 9.29. The highest BCUT2D eigenvalue weighted by atomic mass is 31.2. The Hall–Kier alpha value is -1.94. The summed E-state index contributed by atoms with van der Waals surface area (Å²) in [5.41, 5.74) is 0.120. The van der Waals surface area contributed by atoms with Crippen molar-refractivity contribution < 1.29 is 23.9 Å². The van der Waals surface area contributed by atoms with Crippen LogP contribution in [0.1, 0.15) is 29.8 Å². The maximum absolute atomic E-state index is 12.5. The van der Waals surface area contributed by atoms with Crippen molar-refractivity contribution in [2.24, 2.45) is 0 Å². The smallest absolute Gasteiger partial charge is 0.338 e. The van der Waals surface area contributed by atoms with Gasteiger partial charge in [-0.15, -0.1) is 0 Å². The van der Waals surface area contributed by atoms with E-state index in [9.17, 15) is 19.4 Å². The van der Waals surface area contributed by atoms with Crippen LogP contribution in [0.4, 0.5) is 0 Å². The van der Waals surface area contributed by atoms with Crippen LogP contribution in [0.3, 0.4) is 0 Å². The summed E-state index contributed by atoms with van der Waals surface area (Å²) in [6, 6.07) is 16.8. The zero-order valence-corrected chi connectivity index (χ0v) is 12.9. The van der Waals surface area contributed by atoms with Crippen LogP contribution in [-0.4, -0.2) is 16.0 Å². The van der Waals surface area contributed by atoms with Crippen LogP contribution in [0.15, 0.2) is 60.7 Å². The molecule has 2 N–H and O–H groups in total. The molecule has 0 aliphatic heterocycles. The minimum absolute atomic E-state index is 0.324. The van der Waals surface area contributed by atoms with Crippen molar-refractivity contribution in [1.82, 2.24) is 0 Å². The minimum Gasteiger partial charge on any atom is -0.479 e. The Kier molecular flexibility index (Phi) is 5.14. The van der Waals surface area contributed by atoms with E-state index in [2.05, 4.69) is 0 Å². The molecule has 0 spiro atoms. The maximum atomic E-state index is 12.5. The van der Waals surface area contributed by atoms with Gasteiger partial charge in [-0.25, -0.2) is 4.79 Å². The van der Waals surface area contributed by atoms with Gasteiger partial charge in [-0.1, -0.05) is 60.7 Å². The maximum Gasteiger partial charge on any atom is 0.338 e. The van der Waals surface area contributed by atoms with Crippen molar-refractivity contribution >= 4 is 13.6 Å². The zero-order chi connectivity index (χ0) is 16.2. The predicted octanol–water partition coefficient (Wildman–Crippen LogP) is 3.78. The van der Waals surface area contributed by atoms with Gasteiger partial charge in [0.25, 0.3) is 0 Å². The number of hydrogen-bond donors (Lipinski definition) is 2. The first-order chi connectivity index (χ1) is 10.4. The first kappa shape index (κ1) is 16.4. The number of benzene rings is 2. The normalized spacial score (nSPS) is 16.5. The highest BCUT2D eigenvalue weighted by Gasteiger charge is 2.36. The molecule has 6 heteroatoms. The standard InChI is InChI=1S/C16H17O5P/c1-12(13-8-4-2-5-9-13)22(19,20)21-15(16(17)18)14-10-6-3-7-11-14/h2-12,15H,1H3,(H,17,18)(H,19,20). The lowest BCUT2D eigenvalue weighted by atomic mass is 10.1. The fourth-order valence-electron chi connectivity index (χ4n) is 2.04. The fourth-order valence-corrected chi connectivity index (χ4v) is 3.28. The molecular formula is C16H17O5P. The summed E-state index contributed by atoms with van der Waals surface area (Å²) in [6.07, 6.45) is -1.48. The molecule has 0 saturated carbocycles. The number of hydrogen-bond acceptors (Lipinski definition) is 3. The van der Waals surface area contributed by atoms with Gasteiger partial charge in [0.1, 0.15) is 0 Å². The van der Waals surface area contributed by atoms with Crippen LogP contribution in [0, 0.1) is 0 Å². The molecule has 22 heavy (non-hydrogen) atoms. The molecule has 0 aliphatic rings. The number of carbonyl (C=O) groups is 1. The Morgan fingerprint density at radius 2 is 1.45 bits per heavy atom. The number of rotatable bonds is 6. The van der Waals surface area contributed by atoms with E-state index < -0.39 is 25.3 Å². The molecule has 0 heterocycles. The van der Waals surface area contributed by atoms with Crippen molar-refractivity contribution in [2.45, 2.75) is 18.7 Å². The van der Waals surface area contributed by atoms with Crippen molar-refractivity contribution in [3.8, 4) is 0 Å². The number of aliphatic carboxylic acids is 1. The molecule has 0 amide bonds. The molecule has 0 radical (unpaired) electrons. The van der Waals surface area contributed by atoms with Gasteiger partial charge in [0.2, 0.25) is 0 Å². The van der Waals surface area contributed by atoms with Gasteiger partial charge in [-0.3, -0.25) is 9.09 Å². The molecule has 0 aromatic heterocycles. The third-order valence-corrected chi connectivity index (χ3v) is 5.14. The summed E-state index contributed by atoms with van der Waals surface area (Å²) >= 11 is 0. The van der Waals surface area contributed by atoms with Crippen LogP contribution in [0.5, 0.6) is 0 Å². The van der Waals surface area contributed by atoms with Gasteiger partial charge in [0.05, 0.1) is 5.66 Å². The first-order valence-corrected chi connectivity index (χ1v) is 8.40. The van der Waals surface area contributed by atoms with E-state index in [1.807, 2.05) is 0 Å². The molecule has 0 fully saturated rings. The van der Waals surface area contributed by atoms with Crippen LogP contribution < -0.4 is 0 Å². The topological polar surface area (TPSA) is 83.8 Å². The minimum atomic E-state index is -4.16. The molecule has 2 aromatic carbocycles. The summed E-state index contributed by atoms with van der Waals surface area (Å²) in [7, 11) is -4.16. The molecule has 3 unspecified atom stereocenters. The monoisotopic (exact) mass is 320 g/mol. The van der Waals surface area contributed by atoms with Crippen molar-refractivity contribution in [2.75, 3.05) is 0 Å². The second-order valence-corrected chi connectivity index (χ2v) is 7.00. The predicted molar refractivity (Wildman–Crippen MR) is 82.6 cm³/mol. The Balaban J connectivity index is 2.25.